The van der Waals surface area contributed by atoms with Gasteiger partial charge in [-0.2, -0.15) is 0 Å². The highest BCUT2D eigenvalue weighted by molar-refractivity contribution is 6.11. The molecule has 0 saturated carbocycles. The molecule has 0 unspecified atom stereocenters. The molecule has 5 nitrogen and oxygen atoms in total. The fraction of sp³-hybridized carbons (Fsp3) is 0.200. The van der Waals surface area contributed by atoms with E-state index in [9.17, 15) is 9.59 Å². The monoisotopic (exact) mass is 333 g/mol. The maximum Gasteiger partial charge on any atom is 0.322 e. The van der Waals surface area contributed by atoms with Crippen molar-refractivity contribution < 1.29 is 9.59 Å². The summed E-state index contributed by atoms with van der Waals surface area (Å²) in [6.07, 6.45) is 0. The number of amides is 3. The number of carbonyl (C=O) groups excluding carboxylic acids is 2. The normalized spacial score (nSPS) is 20.0. The van der Waals surface area contributed by atoms with E-state index in [2.05, 4.69) is 5.32 Å². The van der Waals surface area contributed by atoms with Gasteiger partial charge in [-0.3, -0.25) is 9.69 Å². The lowest BCUT2D eigenvalue weighted by Crippen LogP contribution is -2.45. The lowest BCUT2D eigenvalue weighted by Gasteiger charge is -2.31. The van der Waals surface area contributed by atoms with Crippen LogP contribution in [0.25, 0.3) is 0 Å². The molecule has 0 fully saturated rings. The molecule has 0 spiro atoms. The van der Waals surface area contributed by atoms with Gasteiger partial charge in [0.05, 0.1) is 23.9 Å². The van der Waals surface area contributed by atoms with Crippen molar-refractivity contribution in [2.24, 2.45) is 0 Å². The Bertz CT molecular complexity index is 889. The van der Waals surface area contributed by atoms with Gasteiger partial charge in [-0.25, -0.2) is 4.79 Å². The number of anilines is 1. The Labute approximate surface area is 146 Å². The Morgan fingerprint density at radius 3 is 2.52 bits per heavy atom. The van der Waals surface area contributed by atoms with Crippen LogP contribution in [0.5, 0.6) is 0 Å². The van der Waals surface area contributed by atoms with Crippen LogP contribution in [-0.2, 0) is 4.79 Å². The van der Waals surface area contributed by atoms with Crippen LogP contribution in [0.3, 0.4) is 0 Å². The molecule has 1 atom stereocenters. The predicted octanol–water partition coefficient (Wildman–Crippen LogP) is 2.99. The lowest BCUT2D eigenvalue weighted by atomic mass is 9.96. The first-order valence-corrected chi connectivity index (χ1v) is 8.27. The fourth-order valence-electron chi connectivity index (χ4n) is 3.47. The molecule has 0 bridgehead atoms. The molecule has 3 amide bonds. The van der Waals surface area contributed by atoms with Crippen LogP contribution in [0.1, 0.15) is 17.2 Å². The van der Waals surface area contributed by atoms with Gasteiger partial charge in [0.1, 0.15) is 0 Å². The van der Waals surface area contributed by atoms with Gasteiger partial charge in [0.25, 0.3) is 5.91 Å². The van der Waals surface area contributed by atoms with Crippen LogP contribution >= 0.6 is 0 Å². The summed E-state index contributed by atoms with van der Waals surface area (Å²) >= 11 is 0. The molecule has 25 heavy (non-hydrogen) atoms. The van der Waals surface area contributed by atoms with Crippen LogP contribution < -0.4 is 10.2 Å². The first-order valence-electron chi connectivity index (χ1n) is 8.27. The molecule has 0 saturated heterocycles. The van der Waals surface area contributed by atoms with Gasteiger partial charge in [-0.1, -0.05) is 42.5 Å². The number of urea groups is 1. The maximum absolute atomic E-state index is 13.2. The van der Waals surface area contributed by atoms with Crippen molar-refractivity contribution in [3.05, 3.63) is 77.0 Å². The maximum atomic E-state index is 13.2. The van der Waals surface area contributed by atoms with E-state index >= 15 is 0 Å². The van der Waals surface area contributed by atoms with Gasteiger partial charge in [0.2, 0.25) is 0 Å². The molecule has 2 aliphatic rings. The summed E-state index contributed by atoms with van der Waals surface area (Å²) in [5, 5.41) is 2.95. The lowest BCUT2D eigenvalue weighted by molar-refractivity contribution is -0.114. The number of hydrogen-bond donors (Lipinski definition) is 1. The third-order valence-electron chi connectivity index (χ3n) is 4.81. The van der Waals surface area contributed by atoms with Gasteiger partial charge < -0.3 is 10.2 Å². The predicted molar refractivity (Wildman–Crippen MR) is 96.0 cm³/mol. The first kappa shape index (κ1) is 15.4. The second-order valence-corrected chi connectivity index (χ2v) is 6.44. The van der Waals surface area contributed by atoms with Gasteiger partial charge in [0, 0.05) is 12.7 Å². The number of benzene rings is 2. The number of hydrogen-bond acceptors (Lipinski definition) is 2. The number of nitrogens with one attached hydrogen (secondary N) is 1. The Hall–Kier alpha value is -3.08. The van der Waals surface area contributed by atoms with Crippen molar-refractivity contribution in [2.75, 3.05) is 18.5 Å². The van der Waals surface area contributed by atoms with E-state index in [-0.39, 0.29) is 11.9 Å². The highest BCUT2D eigenvalue weighted by atomic mass is 16.2. The van der Waals surface area contributed by atoms with E-state index in [1.54, 1.807) is 16.8 Å². The first-order chi connectivity index (χ1) is 12.1. The van der Waals surface area contributed by atoms with Gasteiger partial charge in [-0.05, 0) is 30.2 Å². The van der Waals surface area contributed by atoms with E-state index in [1.165, 1.54) is 0 Å². The number of nitrogens with zero attached hydrogens (tertiary/aromatic N) is 2. The average molecular weight is 333 g/mol. The molecule has 0 aliphatic carbocycles. The molecular formula is C20H19N3O2. The second-order valence-electron chi connectivity index (χ2n) is 6.44. The fourth-order valence-corrected chi connectivity index (χ4v) is 3.47. The molecule has 5 heteroatoms. The van der Waals surface area contributed by atoms with Crippen molar-refractivity contribution in [1.82, 2.24) is 10.2 Å². The molecule has 2 heterocycles. The highest BCUT2D eigenvalue weighted by Gasteiger charge is 2.43. The zero-order valence-corrected chi connectivity index (χ0v) is 14.2. The van der Waals surface area contributed by atoms with Crippen LogP contribution in [0.4, 0.5) is 10.5 Å². The molecular weight excluding hydrogens is 314 g/mol. The third kappa shape index (κ3) is 2.48. The highest BCUT2D eigenvalue weighted by Crippen LogP contribution is 2.37. The average Bonchev–Trinajstić information content (AvgIpc) is 2.97. The summed E-state index contributed by atoms with van der Waals surface area (Å²) in [4.78, 5) is 28.8. The Morgan fingerprint density at radius 1 is 1.04 bits per heavy atom. The summed E-state index contributed by atoms with van der Waals surface area (Å²) in [5.41, 5.74) is 4.28. The Morgan fingerprint density at radius 2 is 1.80 bits per heavy atom. The minimum atomic E-state index is -0.415. The number of aryl methyl sites for hydroxylation is 1. The van der Waals surface area contributed by atoms with E-state index in [0.717, 1.165) is 22.5 Å². The molecule has 126 valence electrons. The zero-order valence-electron chi connectivity index (χ0n) is 14.2. The standard InChI is InChI=1S/C20H19N3O2/c1-13-7-6-10-15(11-13)23-12-16-17(19(23)24)18(21-20(25)22(16)2)14-8-4-3-5-9-14/h3-11,18H,12H2,1-2H3,(H,21,25)/t18-/m1/s1. The van der Waals surface area contributed by atoms with Crippen LogP contribution in [0, 0.1) is 6.92 Å². The summed E-state index contributed by atoms with van der Waals surface area (Å²) in [5.74, 6) is -0.0543. The third-order valence-corrected chi connectivity index (χ3v) is 4.81. The van der Waals surface area contributed by atoms with Crippen LogP contribution in [0.2, 0.25) is 0 Å². The van der Waals surface area contributed by atoms with Gasteiger partial charge >= 0.3 is 6.03 Å². The molecule has 2 aliphatic heterocycles. The van der Waals surface area contributed by atoms with E-state index in [0.29, 0.717) is 12.1 Å². The van der Waals surface area contributed by atoms with Crippen LogP contribution in [0.15, 0.2) is 65.9 Å². The van der Waals surface area contributed by atoms with E-state index in [1.807, 2.05) is 61.5 Å². The van der Waals surface area contributed by atoms with Crippen LogP contribution in [-0.4, -0.2) is 30.4 Å². The largest absolute Gasteiger partial charge is 0.327 e. The van der Waals surface area contributed by atoms with Gasteiger partial charge in [-0.15, -0.1) is 0 Å². The van der Waals surface area contributed by atoms with Crippen molar-refractivity contribution in [1.29, 1.82) is 0 Å². The second kappa shape index (κ2) is 5.77. The quantitative estimate of drug-likeness (QED) is 0.918. The summed E-state index contributed by atoms with van der Waals surface area (Å²) in [6, 6.07) is 16.9. The van der Waals surface area contributed by atoms with Crippen molar-refractivity contribution in [2.45, 2.75) is 13.0 Å². The number of likely N-dealkylation sites (N-methyl/N-ethyl adjacent to an activating group) is 1. The van der Waals surface area contributed by atoms with Crippen molar-refractivity contribution >= 4 is 17.6 Å². The molecule has 0 aromatic heterocycles. The molecule has 0 radical (unpaired) electrons. The smallest absolute Gasteiger partial charge is 0.322 e. The summed E-state index contributed by atoms with van der Waals surface area (Å²) < 4.78 is 0. The Balaban J connectivity index is 1.77. The SMILES string of the molecule is Cc1cccc(N2CC3=C(C2=O)[C@@H](c2ccccc2)NC(=O)N3C)c1. The minimum Gasteiger partial charge on any atom is -0.327 e. The molecule has 1 N–H and O–H groups in total. The van der Waals surface area contributed by atoms with E-state index < -0.39 is 6.04 Å². The topological polar surface area (TPSA) is 52.7 Å². The van der Waals surface area contributed by atoms with Crippen molar-refractivity contribution in [3.8, 4) is 0 Å². The number of carbonyl (C=O) groups is 2. The van der Waals surface area contributed by atoms with E-state index in [4.69, 9.17) is 0 Å². The molecule has 2 aromatic carbocycles. The van der Waals surface area contributed by atoms with Crippen molar-refractivity contribution in [3.63, 3.8) is 0 Å². The summed E-state index contributed by atoms with van der Waals surface area (Å²) in [6.45, 7) is 2.41. The minimum absolute atomic E-state index is 0.0543. The number of rotatable bonds is 2. The molecule has 4 rings (SSSR count). The van der Waals surface area contributed by atoms with Gasteiger partial charge in [0.15, 0.2) is 0 Å². The molecule has 2 aromatic rings. The zero-order chi connectivity index (χ0) is 17.6. The summed E-state index contributed by atoms with van der Waals surface area (Å²) in [7, 11) is 1.71. The Kier molecular flexibility index (Phi) is 3.57.